The first kappa shape index (κ1) is 26.2. The van der Waals surface area contributed by atoms with Crippen molar-refractivity contribution in [2.75, 3.05) is 24.3 Å². The normalized spacial score (nSPS) is 12.0. The number of halogens is 1. The smallest absolute Gasteiger partial charge is 0.338 e. The van der Waals surface area contributed by atoms with E-state index in [9.17, 15) is 18.0 Å². The van der Waals surface area contributed by atoms with Crippen LogP contribution in [0.4, 0.5) is 11.4 Å². The van der Waals surface area contributed by atoms with Crippen LogP contribution in [0.2, 0.25) is 5.02 Å². The van der Waals surface area contributed by atoms with E-state index in [-0.39, 0.29) is 22.0 Å². The number of rotatable bonds is 9. The van der Waals surface area contributed by atoms with Crippen LogP contribution in [0.15, 0.2) is 77.7 Å². The summed E-state index contributed by atoms with van der Waals surface area (Å²) in [4.78, 5) is 26.8. The lowest BCUT2D eigenvalue weighted by Crippen LogP contribution is -2.30. The molecule has 0 heterocycles. The second-order valence-electron chi connectivity index (χ2n) is 7.93. The molecule has 0 saturated heterocycles. The van der Waals surface area contributed by atoms with Crippen molar-refractivity contribution in [3.05, 3.63) is 88.9 Å². The minimum absolute atomic E-state index is 0.0472. The van der Waals surface area contributed by atoms with E-state index in [0.717, 1.165) is 17.3 Å². The summed E-state index contributed by atoms with van der Waals surface area (Å²) < 4.78 is 33.3. The van der Waals surface area contributed by atoms with Gasteiger partial charge in [-0.25, -0.2) is 17.9 Å². The number of hydrogen-bond donors (Lipinski definition) is 2. The molecule has 0 saturated carbocycles. The largest absolute Gasteiger partial charge is 0.449 e. The van der Waals surface area contributed by atoms with Crippen LogP contribution in [0.1, 0.15) is 22.8 Å². The lowest BCUT2D eigenvalue weighted by Gasteiger charge is -2.16. The predicted molar refractivity (Wildman–Crippen MR) is 136 cm³/mol. The van der Waals surface area contributed by atoms with E-state index < -0.39 is 28.0 Å². The van der Waals surface area contributed by atoms with Gasteiger partial charge in [0.25, 0.3) is 5.91 Å². The zero-order valence-electron chi connectivity index (χ0n) is 19.5. The van der Waals surface area contributed by atoms with Crippen molar-refractivity contribution >= 4 is 44.9 Å². The molecule has 3 aromatic carbocycles. The summed E-state index contributed by atoms with van der Waals surface area (Å²) in [7, 11) is -0.204. The first-order valence-corrected chi connectivity index (χ1v) is 12.6. The third kappa shape index (κ3) is 7.05. The topological polar surface area (TPSA) is 105 Å². The lowest BCUT2D eigenvalue weighted by molar-refractivity contribution is -0.123. The summed E-state index contributed by atoms with van der Waals surface area (Å²) in [6, 6.07) is 19.9. The number of nitrogens with one attached hydrogen (secondary N) is 2. The van der Waals surface area contributed by atoms with Crippen molar-refractivity contribution < 1.29 is 22.7 Å². The molecule has 10 heteroatoms. The third-order valence-electron chi connectivity index (χ3n) is 5.07. The van der Waals surface area contributed by atoms with Gasteiger partial charge in [-0.15, -0.1) is 0 Å². The summed E-state index contributed by atoms with van der Waals surface area (Å²) in [5.74, 6) is -1.38. The van der Waals surface area contributed by atoms with E-state index in [4.69, 9.17) is 16.3 Å². The zero-order chi connectivity index (χ0) is 25.6. The number of sulfonamides is 1. The average Bonchev–Trinajstić information content (AvgIpc) is 2.83. The van der Waals surface area contributed by atoms with E-state index in [0.29, 0.717) is 5.69 Å². The molecule has 0 unspecified atom stereocenters. The molecule has 35 heavy (non-hydrogen) atoms. The van der Waals surface area contributed by atoms with Gasteiger partial charge in [0.1, 0.15) is 4.90 Å². The van der Waals surface area contributed by atoms with Crippen molar-refractivity contribution in [1.82, 2.24) is 4.72 Å². The maximum Gasteiger partial charge on any atom is 0.338 e. The van der Waals surface area contributed by atoms with Crippen LogP contribution in [-0.4, -0.2) is 40.5 Å². The summed E-state index contributed by atoms with van der Waals surface area (Å²) in [6.45, 7) is 1.48. The van der Waals surface area contributed by atoms with E-state index in [1.165, 1.54) is 19.1 Å². The second kappa shape index (κ2) is 11.4. The number of esters is 1. The zero-order valence-corrected chi connectivity index (χ0v) is 21.1. The highest BCUT2D eigenvalue weighted by molar-refractivity contribution is 7.89. The van der Waals surface area contributed by atoms with Crippen LogP contribution in [0.25, 0.3) is 0 Å². The molecule has 2 N–H and O–H groups in total. The Hall–Kier alpha value is -3.40. The molecule has 1 amide bonds. The second-order valence-corrected chi connectivity index (χ2v) is 10.1. The maximum atomic E-state index is 12.8. The average molecular weight is 516 g/mol. The molecule has 184 valence electrons. The molecule has 0 fully saturated rings. The highest BCUT2D eigenvalue weighted by Crippen LogP contribution is 2.24. The molecule has 0 aliphatic carbocycles. The fraction of sp³-hybridized carbons (Fsp3) is 0.200. The Morgan fingerprint density at radius 2 is 1.66 bits per heavy atom. The van der Waals surface area contributed by atoms with Crippen LogP contribution in [0.5, 0.6) is 0 Å². The maximum absolute atomic E-state index is 12.8. The lowest BCUT2D eigenvalue weighted by atomic mass is 10.2. The Kier molecular flexibility index (Phi) is 8.50. The minimum atomic E-state index is -4.01. The van der Waals surface area contributed by atoms with Gasteiger partial charge in [0.05, 0.1) is 10.6 Å². The van der Waals surface area contributed by atoms with Crippen LogP contribution in [0, 0.1) is 0 Å². The first-order chi connectivity index (χ1) is 16.6. The predicted octanol–water partition coefficient (Wildman–Crippen LogP) is 4.07. The SMILES string of the molecule is C[C@H](OC(=O)c1ccc(Cl)c(S(=O)(=O)NCc2ccccc2)c1)C(=O)Nc1ccc(N(C)C)cc1. The van der Waals surface area contributed by atoms with E-state index in [1.807, 2.05) is 37.2 Å². The molecule has 0 bridgehead atoms. The van der Waals surface area contributed by atoms with Crippen molar-refractivity contribution in [1.29, 1.82) is 0 Å². The Morgan fingerprint density at radius 1 is 1.00 bits per heavy atom. The molecule has 3 aromatic rings. The quantitative estimate of drug-likeness (QED) is 0.416. The van der Waals surface area contributed by atoms with E-state index >= 15 is 0 Å². The van der Waals surface area contributed by atoms with Crippen molar-refractivity contribution in [3.63, 3.8) is 0 Å². The van der Waals surface area contributed by atoms with Gasteiger partial charge in [0.15, 0.2) is 6.10 Å². The summed E-state index contributed by atoms with van der Waals surface area (Å²) in [5.41, 5.74) is 2.23. The van der Waals surface area contributed by atoms with Crippen molar-refractivity contribution in [3.8, 4) is 0 Å². The number of carbonyl (C=O) groups excluding carboxylic acids is 2. The van der Waals surface area contributed by atoms with Gasteiger partial charge in [-0.2, -0.15) is 0 Å². The van der Waals surface area contributed by atoms with Gasteiger partial charge in [-0.05, 0) is 55.0 Å². The van der Waals surface area contributed by atoms with Crippen LogP contribution in [0.3, 0.4) is 0 Å². The van der Waals surface area contributed by atoms with Gasteiger partial charge in [0.2, 0.25) is 10.0 Å². The summed E-state index contributed by atoms with van der Waals surface area (Å²) in [6.07, 6.45) is -1.12. The van der Waals surface area contributed by atoms with E-state index in [1.54, 1.807) is 36.4 Å². The summed E-state index contributed by atoms with van der Waals surface area (Å²) >= 11 is 6.11. The first-order valence-electron chi connectivity index (χ1n) is 10.7. The Morgan fingerprint density at radius 3 is 2.29 bits per heavy atom. The third-order valence-corrected chi connectivity index (χ3v) is 6.95. The molecular formula is C25H26ClN3O5S. The highest BCUT2D eigenvalue weighted by atomic mass is 35.5. The molecule has 8 nitrogen and oxygen atoms in total. The number of ether oxygens (including phenoxy) is 1. The van der Waals surface area contributed by atoms with Gasteiger partial charge >= 0.3 is 5.97 Å². The minimum Gasteiger partial charge on any atom is -0.449 e. The number of carbonyl (C=O) groups is 2. The number of benzene rings is 3. The van der Waals surface area contributed by atoms with Crippen LogP contribution < -0.4 is 14.9 Å². The number of nitrogens with zero attached hydrogens (tertiary/aromatic N) is 1. The molecule has 0 aliphatic rings. The van der Waals surface area contributed by atoms with Crippen LogP contribution in [-0.2, 0) is 26.1 Å². The standard InChI is InChI=1S/C25H26ClN3O5S/c1-17(24(30)28-20-10-12-21(13-11-20)29(2)3)34-25(31)19-9-14-22(26)23(15-19)35(32,33)27-16-18-7-5-4-6-8-18/h4-15,17,27H,16H2,1-3H3,(H,28,30)/t17-/m0/s1. The molecule has 1 atom stereocenters. The molecule has 0 aromatic heterocycles. The van der Waals surface area contributed by atoms with Crippen molar-refractivity contribution in [2.45, 2.75) is 24.5 Å². The number of anilines is 2. The highest BCUT2D eigenvalue weighted by Gasteiger charge is 2.23. The summed E-state index contributed by atoms with van der Waals surface area (Å²) in [5, 5.41) is 2.63. The number of hydrogen-bond acceptors (Lipinski definition) is 6. The fourth-order valence-electron chi connectivity index (χ4n) is 3.06. The van der Waals surface area contributed by atoms with Crippen molar-refractivity contribution in [2.24, 2.45) is 0 Å². The molecule has 0 radical (unpaired) electrons. The molecule has 0 aliphatic heterocycles. The molecule has 0 spiro atoms. The Balaban J connectivity index is 1.66. The molecule has 3 rings (SSSR count). The number of amides is 1. The van der Waals surface area contributed by atoms with Gasteiger partial charge in [-0.1, -0.05) is 41.9 Å². The van der Waals surface area contributed by atoms with Gasteiger partial charge in [0, 0.05) is 32.0 Å². The Labute approximate surface area is 209 Å². The van der Waals surface area contributed by atoms with E-state index in [2.05, 4.69) is 10.0 Å². The van der Waals surface area contributed by atoms with Gasteiger partial charge in [-0.3, -0.25) is 4.79 Å². The van der Waals surface area contributed by atoms with Crippen LogP contribution >= 0.6 is 11.6 Å². The molecular weight excluding hydrogens is 490 g/mol. The monoisotopic (exact) mass is 515 g/mol. The Bertz CT molecular complexity index is 1300. The fourth-order valence-corrected chi connectivity index (χ4v) is 4.60. The van der Waals surface area contributed by atoms with Gasteiger partial charge < -0.3 is 15.0 Å².